The number of hydrogen-bond acceptors (Lipinski definition) is 10. The van der Waals surface area contributed by atoms with Crippen molar-refractivity contribution < 1.29 is 9.84 Å². The van der Waals surface area contributed by atoms with Crippen LogP contribution in [-0.2, 0) is 4.74 Å². The minimum atomic E-state index is 0.0146. The standard InChI is InChI=1S/C23H32N8O2/c1-17-4-5-18-19(6-9-25-20(18)16-17)24-7-2-3-8-26-21-28-22(27-10-13-32)30-23(29-21)31-11-14-33-15-12-31/h4-6,9,16,32H,2-3,7-8,10-15H2,1H3,(H,24,25)(H2,26,27,28,29,30). The van der Waals surface area contributed by atoms with E-state index in [2.05, 4.69) is 65.9 Å². The fraction of sp³-hybridized carbons (Fsp3) is 0.478. The van der Waals surface area contributed by atoms with Gasteiger partial charge >= 0.3 is 0 Å². The van der Waals surface area contributed by atoms with E-state index in [0.29, 0.717) is 37.6 Å². The van der Waals surface area contributed by atoms with E-state index < -0.39 is 0 Å². The molecule has 33 heavy (non-hydrogen) atoms. The quantitative estimate of drug-likeness (QED) is 0.322. The summed E-state index contributed by atoms with van der Waals surface area (Å²) in [5, 5.41) is 20.1. The fourth-order valence-electron chi connectivity index (χ4n) is 3.68. The number of unbranched alkanes of at least 4 members (excludes halogenated alkanes) is 1. The third kappa shape index (κ3) is 6.39. The van der Waals surface area contributed by atoms with Gasteiger partial charge < -0.3 is 30.7 Å². The minimum Gasteiger partial charge on any atom is -0.395 e. The molecule has 0 bridgehead atoms. The Kier molecular flexibility index (Phi) is 8.04. The summed E-state index contributed by atoms with van der Waals surface area (Å²) in [4.78, 5) is 20.1. The smallest absolute Gasteiger partial charge is 0.232 e. The summed E-state index contributed by atoms with van der Waals surface area (Å²) < 4.78 is 5.42. The molecule has 0 spiro atoms. The first-order valence-corrected chi connectivity index (χ1v) is 11.5. The lowest BCUT2D eigenvalue weighted by atomic mass is 10.1. The maximum absolute atomic E-state index is 9.11. The predicted octanol–water partition coefficient (Wildman–Crippen LogP) is 2.27. The number of benzene rings is 1. The van der Waals surface area contributed by atoms with Gasteiger partial charge in [0.15, 0.2) is 0 Å². The number of aliphatic hydroxyl groups excluding tert-OH is 1. The van der Waals surface area contributed by atoms with E-state index in [-0.39, 0.29) is 6.61 Å². The zero-order chi connectivity index (χ0) is 22.9. The van der Waals surface area contributed by atoms with Gasteiger partial charge in [-0.15, -0.1) is 0 Å². The van der Waals surface area contributed by atoms with Gasteiger partial charge in [-0.2, -0.15) is 15.0 Å². The number of ether oxygens (including phenoxy) is 1. The summed E-state index contributed by atoms with van der Waals surface area (Å²) in [5.41, 5.74) is 3.33. The molecule has 1 aliphatic rings. The van der Waals surface area contributed by atoms with Crippen molar-refractivity contribution in [2.45, 2.75) is 19.8 Å². The van der Waals surface area contributed by atoms with Crippen molar-refractivity contribution in [2.75, 3.05) is 73.4 Å². The fourth-order valence-corrected chi connectivity index (χ4v) is 3.68. The van der Waals surface area contributed by atoms with Crippen LogP contribution in [0.3, 0.4) is 0 Å². The van der Waals surface area contributed by atoms with Gasteiger partial charge in [-0.05, 0) is 37.5 Å². The van der Waals surface area contributed by atoms with Crippen molar-refractivity contribution in [1.82, 2.24) is 19.9 Å². The number of morpholine rings is 1. The topological polar surface area (TPSA) is 120 Å². The van der Waals surface area contributed by atoms with Gasteiger partial charge in [0, 0.05) is 50.0 Å². The number of nitrogens with one attached hydrogen (secondary N) is 3. The van der Waals surface area contributed by atoms with Crippen molar-refractivity contribution in [3.05, 3.63) is 36.0 Å². The van der Waals surface area contributed by atoms with E-state index >= 15 is 0 Å². The number of pyridine rings is 1. The molecule has 1 aromatic carbocycles. The Morgan fingerprint density at radius 1 is 0.939 bits per heavy atom. The highest BCUT2D eigenvalue weighted by Gasteiger charge is 2.16. The molecule has 1 fully saturated rings. The second kappa shape index (κ2) is 11.6. The number of hydrogen-bond donors (Lipinski definition) is 4. The van der Waals surface area contributed by atoms with Crippen molar-refractivity contribution >= 4 is 34.4 Å². The first-order chi connectivity index (χ1) is 16.2. The van der Waals surface area contributed by atoms with Gasteiger partial charge in [0.1, 0.15) is 0 Å². The number of aromatic nitrogens is 4. The van der Waals surface area contributed by atoms with Gasteiger partial charge in [-0.3, -0.25) is 4.98 Å². The summed E-state index contributed by atoms with van der Waals surface area (Å²) in [5.74, 6) is 1.62. The Hall–Kier alpha value is -3.24. The van der Waals surface area contributed by atoms with E-state index in [9.17, 15) is 0 Å². The van der Waals surface area contributed by atoms with Crippen LogP contribution in [0.1, 0.15) is 18.4 Å². The highest BCUT2D eigenvalue weighted by molar-refractivity contribution is 5.91. The Morgan fingerprint density at radius 3 is 2.42 bits per heavy atom. The summed E-state index contributed by atoms with van der Waals surface area (Å²) in [6.45, 7) is 6.92. The van der Waals surface area contributed by atoms with Gasteiger partial charge in [0.05, 0.1) is 25.3 Å². The maximum atomic E-state index is 9.11. The van der Waals surface area contributed by atoms with Crippen LogP contribution in [-0.4, -0.2) is 77.6 Å². The molecule has 0 atom stereocenters. The monoisotopic (exact) mass is 452 g/mol. The largest absolute Gasteiger partial charge is 0.395 e. The molecule has 10 nitrogen and oxygen atoms in total. The lowest BCUT2D eigenvalue weighted by Gasteiger charge is -2.27. The Labute approximate surface area is 193 Å². The van der Waals surface area contributed by atoms with Gasteiger partial charge in [-0.1, -0.05) is 12.1 Å². The van der Waals surface area contributed by atoms with Gasteiger partial charge in [0.25, 0.3) is 0 Å². The van der Waals surface area contributed by atoms with Gasteiger partial charge in [-0.25, -0.2) is 0 Å². The van der Waals surface area contributed by atoms with E-state index in [4.69, 9.17) is 9.84 Å². The van der Waals surface area contributed by atoms with Crippen LogP contribution in [0.4, 0.5) is 23.5 Å². The second-order valence-electron chi connectivity index (χ2n) is 7.97. The lowest BCUT2D eigenvalue weighted by molar-refractivity contribution is 0.122. The van der Waals surface area contributed by atoms with E-state index in [1.807, 2.05) is 12.3 Å². The van der Waals surface area contributed by atoms with Crippen LogP contribution in [0.5, 0.6) is 0 Å². The first kappa shape index (κ1) is 22.9. The summed E-state index contributed by atoms with van der Waals surface area (Å²) >= 11 is 0. The average Bonchev–Trinajstić information content (AvgIpc) is 2.85. The van der Waals surface area contributed by atoms with Crippen LogP contribution in [0.15, 0.2) is 30.5 Å². The number of aliphatic hydroxyl groups is 1. The highest BCUT2D eigenvalue weighted by Crippen LogP contribution is 2.22. The molecule has 3 aromatic rings. The third-order valence-electron chi connectivity index (χ3n) is 5.41. The molecule has 0 radical (unpaired) electrons. The minimum absolute atomic E-state index is 0.0146. The molecular weight excluding hydrogens is 420 g/mol. The number of fused-ring (bicyclic) bond motifs is 1. The van der Waals surface area contributed by atoms with E-state index in [1.165, 1.54) is 5.56 Å². The van der Waals surface area contributed by atoms with E-state index in [0.717, 1.165) is 55.6 Å². The Balaban J connectivity index is 1.28. The van der Waals surface area contributed by atoms with E-state index in [1.54, 1.807) is 0 Å². The molecule has 3 heterocycles. The molecular formula is C23H32N8O2. The number of nitrogens with zero attached hydrogens (tertiary/aromatic N) is 5. The van der Waals surface area contributed by atoms with Gasteiger partial charge in [0.2, 0.25) is 17.8 Å². The van der Waals surface area contributed by atoms with Crippen molar-refractivity contribution in [3.63, 3.8) is 0 Å². The highest BCUT2D eigenvalue weighted by atomic mass is 16.5. The van der Waals surface area contributed by atoms with Crippen LogP contribution in [0.2, 0.25) is 0 Å². The average molecular weight is 453 g/mol. The third-order valence-corrected chi connectivity index (χ3v) is 5.41. The zero-order valence-corrected chi connectivity index (χ0v) is 19.0. The van der Waals surface area contributed by atoms with Crippen molar-refractivity contribution in [1.29, 1.82) is 0 Å². The molecule has 0 aliphatic carbocycles. The van der Waals surface area contributed by atoms with Crippen molar-refractivity contribution in [2.24, 2.45) is 0 Å². The van der Waals surface area contributed by atoms with Crippen molar-refractivity contribution in [3.8, 4) is 0 Å². The summed E-state index contributed by atoms with van der Waals surface area (Å²) in [7, 11) is 0. The predicted molar refractivity (Wildman–Crippen MR) is 131 cm³/mol. The molecule has 4 N–H and O–H groups in total. The molecule has 1 saturated heterocycles. The normalized spacial score (nSPS) is 13.8. The van der Waals surface area contributed by atoms with Crippen LogP contribution < -0.4 is 20.9 Å². The molecule has 4 rings (SSSR count). The van der Waals surface area contributed by atoms with Crippen LogP contribution >= 0.6 is 0 Å². The maximum Gasteiger partial charge on any atom is 0.232 e. The lowest BCUT2D eigenvalue weighted by Crippen LogP contribution is -2.37. The van der Waals surface area contributed by atoms with Crippen LogP contribution in [0, 0.1) is 6.92 Å². The Morgan fingerprint density at radius 2 is 1.67 bits per heavy atom. The summed E-state index contributed by atoms with van der Waals surface area (Å²) in [6.07, 6.45) is 3.81. The zero-order valence-electron chi connectivity index (χ0n) is 19.0. The number of aryl methyl sites for hydroxylation is 1. The molecule has 176 valence electrons. The molecule has 1 aliphatic heterocycles. The molecule has 0 unspecified atom stereocenters. The molecule has 2 aromatic heterocycles. The summed E-state index contributed by atoms with van der Waals surface area (Å²) in [6, 6.07) is 8.36. The number of rotatable bonds is 11. The van der Waals surface area contributed by atoms with Crippen LogP contribution in [0.25, 0.3) is 10.9 Å². The second-order valence-corrected chi connectivity index (χ2v) is 7.97. The Bertz CT molecular complexity index is 1040. The molecule has 0 saturated carbocycles. The SMILES string of the molecule is Cc1ccc2c(NCCCCNc3nc(NCCO)nc(N4CCOCC4)n3)ccnc2c1. The molecule has 10 heteroatoms. The molecule has 0 amide bonds. The number of anilines is 4. The first-order valence-electron chi connectivity index (χ1n) is 11.5.